The van der Waals surface area contributed by atoms with Crippen LogP contribution < -0.4 is 9.62 Å². The van der Waals surface area contributed by atoms with Crippen molar-refractivity contribution >= 4 is 50.7 Å². The molecule has 1 unspecified atom stereocenters. The highest BCUT2D eigenvalue weighted by molar-refractivity contribution is 7.92. The number of amides is 2. The molecule has 2 amide bonds. The van der Waals surface area contributed by atoms with Gasteiger partial charge in [0, 0.05) is 20.0 Å². The zero-order chi connectivity index (χ0) is 32.0. The Kier molecular flexibility index (Phi) is 10.7. The van der Waals surface area contributed by atoms with Gasteiger partial charge in [-0.1, -0.05) is 83.4 Å². The molecule has 4 aromatic carbocycles. The number of anilines is 1. The van der Waals surface area contributed by atoms with Crippen LogP contribution in [0.4, 0.5) is 5.69 Å². The van der Waals surface area contributed by atoms with Gasteiger partial charge in [-0.2, -0.15) is 0 Å². The van der Waals surface area contributed by atoms with E-state index in [2.05, 4.69) is 5.32 Å². The average Bonchev–Trinajstić information content (AvgIpc) is 2.99. The summed E-state index contributed by atoms with van der Waals surface area (Å²) in [5, 5.41) is 3.33. The number of rotatable bonds is 11. The third kappa shape index (κ3) is 8.00. The van der Waals surface area contributed by atoms with Crippen LogP contribution in [0, 0.1) is 20.8 Å². The van der Waals surface area contributed by atoms with Crippen LogP contribution in [0.25, 0.3) is 0 Å². The summed E-state index contributed by atoms with van der Waals surface area (Å²) in [7, 11) is -2.68. The second-order valence-corrected chi connectivity index (χ2v) is 13.4. The van der Waals surface area contributed by atoms with Crippen molar-refractivity contribution in [3.63, 3.8) is 0 Å². The SMILES string of the molecule is CNC(=O)C(Cc1ccccc1)N(Cc1ccc(Cl)c(Cl)c1)C(=O)CN(c1cc(C)cc(C)c1)S(=O)(=O)c1ccc(C)cc1. The van der Waals surface area contributed by atoms with Crippen molar-refractivity contribution < 1.29 is 18.0 Å². The Morgan fingerprint density at radius 2 is 1.41 bits per heavy atom. The number of sulfonamides is 1. The molecular weight excluding hydrogens is 617 g/mol. The number of likely N-dealkylation sites (N-methyl/N-ethyl adjacent to an activating group) is 1. The smallest absolute Gasteiger partial charge is 0.264 e. The maximum Gasteiger partial charge on any atom is 0.264 e. The second kappa shape index (κ2) is 14.3. The first-order valence-corrected chi connectivity index (χ1v) is 16.2. The highest BCUT2D eigenvalue weighted by Gasteiger charge is 2.34. The van der Waals surface area contributed by atoms with Crippen LogP contribution in [-0.4, -0.2) is 44.8 Å². The molecule has 10 heteroatoms. The van der Waals surface area contributed by atoms with Gasteiger partial charge in [0.25, 0.3) is 10.0 Å². The van der Waals surface area contributed by atoms with Crippen LogP contribution in [0.15, 0.2) is 95.9 Å². The van der Waals surface area contributed by atoms with Gasteiger partial charge in [0.05, 0.1) is 20.6 Å². The van der Waals surface area contributed by atoms with Crippen LogP contribution in [0.5, 0.6) is 0 Å². The molecule has 4 aromatic rings. The first-order chi connectivity index (χ1) is 20.9. The lowest BCUT2D eigenvalue weighted by Gasteiger charge is -2.33. The fourth-order valence-electron chi connectivity index (χ4n) is 5.02. The number of carbonyl (C=O) groups is 2. The molecule has 0 aliphatic carbocycles. The molecule has 0 bridgehead atoms. The molecular formula is C34H35Cl2N3O4S. The zero-order valence-electron chi connectivity index (χ0n) is 25.1. The highest BCUT2D eigenvalue weighted by Crippen LogP contribution is 2.28. The largest absolute Gasteiger partial charge is 0.357 e. The standard InChI is InChI=1S/C34H35Cl2N3O4S/c1-23-10-13-29(14-11-23)44(42,43)39(28-17-24(2)16-25(3)18-28)22-33(40)38(21-27-12-15-30(35)31(36)19-27)32(34(41)37-4)20-26-8-6-5-7-9-26/h5-19,32H,20-22H2,1-4H3,(H,37,41). The van der Waals surface area contributed by atoms with E-state index in [-0.39, 0.29) is 23.8 Å². The Balaban J connectivity index is 1.82. The van der Waals surface area contributed by atoms with Crippen molar-refractivity contribution in [2.75, 3.05) is 17.9 Å². The van der Waals surface area contributed by atoms with E-state index in [0.29, 0.717) is 21.3 Å². The summed E-state index contributed by atoms with van der Waals surface area (Å²) < 4.78 is 29.4. The number of nitrogens with one attached hydrogen (secondary N) is 1. The van der Waals surface area contributed by atoms with Gasteiger partial charge in [-0.3, -0.25) is 13.9 Å². The average molecular weight is 653 g/mol. The van der Waals surface area contributed by atoms with E-state index in [0.717, 1.165) is 26.6 Å². The first-order valence-electron chi connectivity index (χ1n) is 14.1. The van der Waals surface area contributed by atoms with E-state index in [1.807, 2.05) is 57.2 Å². The molecule has 0 saturated carbocycles. The quantitative estimate of drug-likeness (QED) is 0.201. The third-order valence-electron chi connectivity index (χ3n) is 7.24. The van der Waals surface area contributed by atoms with E-state index in [9.17, 15) is 18.0 Å². The van der Waals surface area contributed by atoms with Gasteiger partial charge in [-0.15, -0.1) is 0 Å². The zero-order valence-corrected chi connectivity index (χ0v) is 27.4. The van der Waals surface area contributed by atoms with Crippen molar-refractivity contribution in [2.45, 2.75) is 44.7 Å². The van der Waals surface area contributed by atoms with Crippen molar-refractivity contribution in [2.24, 2.45) is 0 Å². The van der Waals surface area contributed by atoms with Crippen LogP contribution in [0.3, 0.4) is 0 Å². The van der Waals surface area contributed by atoms with E-state index < -0.39 is 28.5 Å². The first kappa shape index (κ1) is 33.1. The van der Waals surface area contributed by atoms with Gasteiger partial charge in [-0.05, 0) is 79.4 Å². The van der Waals surface area contributed by atoms with E-state index >= 15 is 0 Å². The summed E-state index contributed by atoms with van der Waals surface area (Å²) in [5.74, 6) is -0.947. The van der Waals surface area contributed by atoms with E-state index in [4.69, 9.17) is 23.2 Å². The second-order valence-electron chi connectivity index (χ2n) is 10.8. The number of nitrogens with zero attached hydrogens (tertiary/aromatic N) is 2. The molecule has 1 atom stereocenters. The molecule has 230 valence electrons. The minimum atomic E-state index is -4.18. The Morgan fingerprint density at radius 1 is 0.773 bits per heavy atom. The fourth-order valence-corrected chi connectivity index (χ4v) is 6.73. The van der Waals surface area contributed by atoms with Crippen molar-refractivity contribution in [1.82, 2.24) is 10.2 Å². The lowest BCUT2D eigenvalue weighted by atomic mass is 10.0. The third-order valence-corrected chi connectivity index (χ3v) is 9.76. The van der Waals surface area contributed by atoms with E-state index in [1.165, 1.54) is 24.1 Å². The minimum absolute atomic E-state index is 0.00803. The van der Waals surface area contributed by atoms with Crippen LogP contribution in [0.2, 0.25) is 10.0 Å². The number of benzene rings is 4. The molecule has 4 rings (SSSR count). The number of aryl methyl sites for hydroxylation is 3. The van der Waals surface area contributed by atoms with Gasteiger partial charge < -0.3 is 10.2 Å². The summed E-state index contributed by atoms with van der Waals surface area (Å²) in [4.78, 5) is 29.3. The lowest BCUT2D eigenvalue weighted by Crippen LogP contribution is -2.53. The van der Waals surface area contributed by atoms with Crippen molar-refractivity contribution in [1.29, 1.82) is 0 Å². The van der Waals surface area contributed by atoms with Crippen molar-refractivity contribution in [3.05, 3.63) is 129 Å². The molecule has 44 heavy (non-hydrogen) atoms. The normalized spacial score (nSPS) is 12.0. The molecule has 0 fully saturated rings. The Morgan fingerprint density at radius 3 is 2.00 bits per heavy atom. The summed E-state index contributed by atoms with van der Waals surface area (Å²) in [5.41, 5.74) is 4.42. The molecule has 0 aliphatic rings. The molecule has 0 radical (unpaired) electrons. The highest BCUT2D eigenvalue weighted by atomic mass is 35.5. The Labute approximate surface area is 269 Å². The molecule has 0 spiro atoms. The van der Waals surface area contributed by atoms with Gasteiger partial charge in [0.15, 0.2) is 0 Å². The molecule has 0 aromatic heterocycles. The lowest BCUT2D eigenvalue weighted by molar-refractivity contribution is -0.139. The van der Waals surface area contributed by atoms with Crippen molar-refractivity contribution in [3.8, 4) is 0 Å². The number of carbonyl (C=O) groups excluding carboxylic acids is 2. The summed E-state index contributed by atoms with van der Waals surface area (Å²) >= 11 is 12.5. The van der Waals surface area contributed by atoms with Crippen LogP contribution >= 0.6 is 23.2 Å². The Bertz CT molecular complexity index is 1730. The summed E-state index contributed by atoms with van der Waals surface area (Å²) in [6.07, 6.45) is 0.210. The summed E-state index contributed by atoms with van der Waals surface area (Å²) in [6.45, 7) is 5.06. The van der Waals surface area contributed by atoms with Crippen LogP contribution in [0.1, 0.15) is 27.8 Å². The summed E-state index contributed by atoms with van der Waals surface area (Å²) in [6, 6.07) is 25.3. The molecule has 0 saturated heterocycles. The maximum absolute atomic E-state index is 14.4. The van der Waals surface area contributed by atoms with Gasteiger partial charge in [0.2, 0.25) is 11.8 Å². The number of halogens is 2. The van der Waals surface area contributed by atoms with E-state index in [1.54, 1.807) is 42.5 Å². The topological polar surface area (TPSA) is 86.8 Å². The monoisotopic (exact) mass is 651 g/mol. The minimum Gasteiger partial charge on any atom is -0.357 e. The van der Waals surface area contributed by atoms with Crippen LogP contribution in [-0.2, 0) is 32.6 Å². The predicted octanol–water partition coefficient (Wildman–Crippen LogP) is 6.50. The molecule has 0 aliphatic heterocycles. The predicted molar refractivity (Wildman–Crippen MR) is 177 cm³/mol. The molecule has 7 nitrogen and oxygen atoms in total. The maximum atomic E-state index is 14.4. The number of hydrogen-bond acceptors (Lipinski definition) is 4. The van der Waals surface area contributed by atoms with Gasteiger partial charge >= 0.3 is 0 Å². The fraction of sp³-hybridized carbons (Fsp3) is 0.235. The molecule has 1 N–H and O–H groups in total. The molecule has 0 heterocycles. The van der Waals surface area contributed by atoms with Gasteiger partial charge in [0.1, 0.15) is 12.6 Å². The van der Waals surface area contributed by atoms with Gasteiger partial charge in [-0.25, -0.2) is 8.42 Å². The Hall–Kier alpha value is -3.85. The number of hydrogen-bond donors (Lipinski definition) is 1.